The second kappa shape index (κ2) is 11.0. The Kier molecular flexibility index (Phi) is 7.89. The van der Waals surface area contributed by atoms with Gasteiger partial charge in [0.25, 0.3) is 0 Å². The molecule has 1 fully saturated rings. The van der Waals surface area contributed by atoms with E-state index in [1.165, 1.54) is 35.4 Å². The number of hydrogen-bond acceptors (Lipinski definition) is 12. The lowest BCUT2D eigenvalue weighted by Crippen LogP contribution is -2.60. The number of carbonyl (C=O) groups is 3. The first-order valence-corrected chi connectivity index (χ1v) is 11.7. The van der Waals surface area contributed by atoms with Crippen LogP contribution in [0.3, 0.4) is 0 Å². The summed E-state index contributed by atoms with van der Waals surface area (Å²) in [6.07, 6.45) is -4.19. The Morgan fingerprint density at radius 1 is 1.05 bits per heavy atom. The van der Waals surface area contributed by atoms with E-state index >= 15 is 0 Å². The molecule has 0 unspecified atom stereocenters. The normalized spacial score (nSPS) is 30.5. The van der Waals surface area contributed by atoms with Crippen LogP contribution in [-0.2, 0) is 25.5 Å². The van der Waals surface area contributed by atoms with E-state index in [9.17, 15) is 55.2 Å². The Labute approximate surface area is 219 Å². The summed E-state index contributed by atoms with van der Waals surface area (Å²) in [5, 5.41) is 78.4. The van der Waals surface area contributed by atoms with Crippen LogP contribution in [0.5, 0.6) is 11.5 Å². The van der Waals surface area contributed by atoms with Crippen LogP contribution in [0.2, 0.25) is 0 Å². The largest absolute Gasteiger partial charge is 0.504 e. The Hall–Kier alpha value is -4.02. The van der Waals surface area contributed by atoms with Crippen molar-refractivity contribution in [2.75, 3.05) is 11.5 Å². The molecule has 0 radical (unpaired) electrons. The summed E-state index contributed by atoms with van der Waals surface area (Å²) in [4.78, 5) is 39.7. The predicted molar refractivity (Wildman–Crippen MR) is 128 cm³/mol. The number of carboxylic acids is 3. The summed E-state index contributed by atoms with van der Waals surface area (Å²) in [6, 6.07) is 0.0330. The van der Waals surface area contributed by atoms with Gasteiger partial charge < -0.3 is 55.2 Å². The van der Waals surface area contributed by atoms with Gasteiger partial charge in [-0.25, -0.2) is 14.4 Å². The molecule has 39 heavy (non-hydrogen) atoms. The van der Waals surface area contributed by atoms with Gasteiger partial charge >= 0.3 is 17.9 Å². The van der Waals surface area contributed by atoms with E-state index in [-0.39, 0.29) is 29.9 Å². The van der Waals surface area contributed by atoms with Gasteiger partial charge in [-0.3, -0.25) is 4.99 Å². The molecule has 4 rings (SSSR count). The van der Waals surface area contributed by atoms with Gasteiger partial charge in [0.2, 0.25) is 6.29 Å². The van der Waals surface area contributed by atoms with Crippen molar-refractivity contribution < 1.29 is 64.7 Å². The second-order valence-corrected chi connectivity index (χ2v) is 9.14. The van der Waals surface area contributed by atoms with E-state index in [1.54, 1.807) is 0 Å². The van der Waals surface area contributed by atoms with E-state index in [1.807, 2.05) is 0 Å². The second-order valence-electron chi connectivity index (χ2n) is 9.14. The summed E-state index contributed by atoms with van der Waals surface area (Å²) in [7, 11) is 0. The molecule has 3 aliphatic heterocycles. The Morgan fingerprint density at radius 3 is 2.38 bits per heavy atom. The zero-order chi connectivity index (χ0) is 28.6. The van der Waals surface area contributed by atoms with Crippen LogP contribution >= 0.6 is 0 Å². The lowest BCUT2D eigenvalue weighted by Gasteiger charge is -2.39. The molecule has 0 bridgehead atoms. The molecule has 15 nitrogen and oxygen atoms in total. The first kappa shape index (κ1) is 28.0. The van der Waals surface area contributed by atoms with Gasteiger partial charge in [-0.2, -0.15) is 0 Å². The number of aliphatic imine (C=N–C) groups is 1. The highest BCUT2D eigenvalue weighted by Crippen LogP contribution is 2.42. The van der Waals surface area contributed by atoms with Crippen LogP contribution in [0.4, 0.5) is 5.69 Å². The van der Waals surface area contributed by atoms with Crippen molar-refractivity contribution in [1.29, 1.82) is 0 Å². The minimum Gasteiger partial charge on any atom is -0.504 e. The highest BCUT2D eigenvalue weighted by atomic mass is 16.7. The third-order valence-corrected chi connectivity index (χ3v) is 6.56. The Balaban J connectivity index is 1.61. The van der Waals surface area contributed by atoms with Crippen LogP contribution in [-0.4, -0.2) is 114 Å². The molecule has 8 N–H and O–H groups in total. The molecule has 1 saturated heterocycles. The van der Waals surface area contributed by atoms with Crippen LogP contribution in [0.25, 0.3) is 0 Å². The number of benzene rings is 1. The molecule has 1 aromatic rings. The summed E-state index contributed by atoms with van der Waals surface area (Å²) in [6.45, 7) is -0.688. The average molecular weight is 550 g/mol. The van der Waals surface area contributed by atoms with E-state index < -0.39 is 78.8 Å². The number of carboxylic acid groups (broad SMARTS) is 3. The lowest BCUT2D eigenvalue weighted by atomic mass is 9.99. The molecule has 1 aromatic carbocycles. The van der Waals surface area contributed by atoms with Crippen LogP contribution in [0, 0.1) is 0 Å². The standard InChI is InChI=1S/C24H26N2O13/c27-8-17-18(29)19(30)20(31)24(39-17)38-16-6-10-5-14(23(36)37)26(13(10)7-15(16)28)2-1-9-3-11(21(32)33)25-12(4-9)22(34)35/h1-3,6-7,12,14,17-20,24,27-31H,4-5,8H2,(H,32,33)(H,34,35)(H,36,37)/b2-1+/t12-,14+,17+,18+,19-,20+,24-/m0/s1. The number of aliphatic hydroxyl groups excluding tert-OH is 4. The molecule has 7 atom stereocenters. The molecule has 3 heterocycles. The number of fused-ring (bicyclic) bond motifs is 1. The van der Waals surface area contributed by atoms with Crippen molar-refractivity contribution in [3.05, 3.63) is 41.6 Å². The first-order chi connectivity index (χ1) is 18.4. The first-order valence-electron chi connectivity index (χ1n) is 11.7. The Morgan fingerprint density at radius 2 is 1.77 bits per heavy atom. The van der Waals surface area contributed by atoms with Crippen molar-refractivity contribution in [2.24, 2.45) is 4.99 Å². The average Bonchev–Trinajstić information content (AvgIpc) is 3.24. The summed E-state index contributed by atoms with van der Waals surface area (Å²) in [5.41, 5.74) is 0.477. The minimum absolute atomic E-state index is 0.0566. The van der Waals surface area contributed by atoms with Gasteiger partial charge in [0.1, 0.15) is 36.2 Å². The summed E-state index contributed by atoms with van der Waals surface area (Å²) < 4.78 is 10.8. The van der Waals surface area contributed by atoms with Crippen LogP contribution < -0.4 is 9.64 Å². The maximum absolute atomic E-state index is 12.0. The highest BCUT2D eigenvalue weighted by molar-refractivity contribution is 6.41. The number of allylic oxidation sites excluding steroid dienone is 1. The Bertz CT molecular complexity index is 1260. The fourth-order valence-electron chi connectivity index (χ4n) is 4.51. The van der Waals surface area contributed by atoms with E-state index in [0.29, 0.717) is 5.56 Å². The van der Waals surface area contributed by atoms with Crippen LogP contribution in [0.1, 0.15) is 12.0 Å². The molecule has 0 amide bonds. The number of aliphatic hydroxyl groups is 4. The topological polar surface area (TPSA) is 247 Å². The third kappa shape index (κ3) is 5.57. The van der Waals surface area contributed by atoms with E-state index in [2.05, 4.69) is 4.99 Å². The van der Waals surface area contributed by atoms with Gasteiger partial charge in [0.05, 0.1) is 6.61 Å². The van der Waals surface area contributed by atoms with Crippen molar-refractivity contribution in [3.63, 3.8) is 0 Å². The number of ether oxygens (including phenoxy) is 2. The van der Waals surface area contributed by atoms with Gasteiger partial charge in [-0.15, -0.1) is 0 Å². The molecule has 0 saturated carbocycles. The molecule has 0 aromatic heterocycles. The maximum atomic E-state index is 12.0. The molecule has 3 aliphatic rings. The maximum Gasteiger partial charge on any atom is 0.354 e. The van der Waals surface area contributed by atoms with Gasteiger partial charge in [0.15, 0.2) is 17.5 Å². The van der Waals surface area contributed by atoms with Crippen molar-refractivity contribution in [1.82, 2.24) is 0 Å². The van der Waals surface area contributed by atoms with E-state index in [4.69, 9.17) is 9.47 Å². The molecule has 0 aliphatic carbocycles. The van der Waals surface area contributed by atoms with Crippen molar-refractivity contribution >= 4 is 29.3 Å². The monoisotopic (exact) mass is 550 g/mol. The minimum atomic E-state index is -1.74. The molecular formula is C24H26N2O13. The zero-order valence-electron chi connectivity index (χ0n) is 20.1. The van der Waals surface area contributed by atoms with Crippen molar-refractivity contribution in [3.8, 4) is 11.5 Å². The lowest BCUT2D eigenvalue weighted by molar-refractivity contribution is -0.277. The molecule has 15 heteroatoms. The number of nitrogens with zero attached hydrogens (tertiary/aromatic N) is 2. The SMILES string of the molecule is O=C(O)C1=N[C@H](C(=O)O)CC(/C=C/N2c3cc(O)c(O[C@H]4O[C@H](CO)[C@@H](O)[C@H](O)[C@H]4O)cc3C[C@@H]2C(=O)O)=C1. The number of phenolic OH excluding ortho intramolecular Hbond substituents is 1. The number of anilines is 1. The molecule has 0 spiro atoms. The smallest absolute Gasteiger partial charge is 0.354 e. The number of aliphatic carboxylic acids is 3. The third-order valence-electron chi connectivity index (χ3n) is 6.56. The number of hydrogen-bond donors (Lipinski definition) is 8. The fourth-order valence-corrected chi connectivity index (χ4v) is 4.51. The zero-order valence-corrected chi connectivity index (χ0v) is 20.1. The molecule has 210 valence electrons. The van der Waals surface area contributed by atoms with Crippen molar-refractivity contribution in [2.45, 2.75) is 55.6 Å². The fraction of sp³-hybridized carbons (Fsp3) is 0.417. The number of aromatic hydroxyl groups is 1. The van der Waals surface area contributed by atoms with E-state index in [0.717, 1.165) is 0 Å². The highest BCUT2D eigenvalue weighted by Gasteiger charge is 2.45. The number of dihydropyridines is 1. The number of phenols is 1. The van der Waals surface area contributed by atoms with Gasteiger partial charge in [-0.05, 0) is 29.4 Å². The number of rotatable bonds is 8. The van der Waals surface area contributed by atoms with Crippen LogP contribution in [0.15, 0.2) is 41.1 Å². The van der Waals surface area contributed by atoms with Gasteiger partial charge in [0, 0.05) is 30.8 Å². The quantitative estimate of drug-likeness (QED) is 0.178. The summed E-state index contributed by atoms with van der Waals surface area (Å²) in [5.74, 6) is -4.67. The molecular weight excluding hydrogens is 524 g/mol. The summed E-state index contributed by atoms with van der Waals surface area (Å²) >= 11 is 0. The predicted octanol–water partition coefficient (Wildman–Crippen LogP) is -1.79. The van der Waals surface area contributed by atoms with Gasteiger partial charge in [-0.1, -0.05) is 0 Å².